The van der Waals surface area contributed by atoms with Crippen LogP contribution in [-0.4, -0.2) is 50.8 Å². The Morgan fingerprint density at radius 3 is 2.56 bits per heavy atom. The van der Waals surface area contributed by atoms with Crippen molar-refractivity contribution in [1.29, 1.82) is 0 Å². The molecular weight excluding hydrogens is 256 g/mol. The van der Waals surface area contributed by atoms with Gasteiger partial charge >= 0.3 is 5.97 Å². The molecule has 0 aromatic rings. The molecule has 4 aliphatic heterocycles. The zero-order valence-corrected chi connectivity index (χ0v) is 11.0. The van der Waals surface area contributed by atoms with Gasteiger partial charge < -0.3 is 9.64 Å². The fourth-order valence-electron chi connectivity index (χ4n) is 3.89. The van der Waals surface area contributed by atoms with E-state index in [1.807, 2.05) is 0 Å². The molecule has 0 radical (unpaired) electrons. The van der Waals surface area contributed by atoms with Gasteiger partial charge in [-0.1, -0.05) is 0 Å². The fraction of sp³-hybridized carbons (Fsp3) is 0.909. The van der Waals surface area contributed by atoms with Crippen molar-refractivity contribution in [1.82, 2.24) is 4.90 Å². The molecule has 4 aliphatic rings. The maximum Gasteiger partial charge on any atom is 0.306 e. The molecule has 0 aromatic heterocycles. The summed E-state index contributed by atoms with van der Waals surface area (Å²) < 4.78 is 27.9. The molecule has 2 unspecified atom stereocenters. The molecule has 4 rings (SSSR count). The van der Waals surface area contributed by atoms with Gasteiger partial charge in [-0.25, -0.2) is 13.6 Å². The molecule has 0 aliphatic carbocycles. The third-order valence-electron chi connectivity index (χ3n) is 4.69. The number of nitrogens with zero attached hydrogens (tertiary/aromatic N) is 1. The van der Waals surface area contributed by atoms with Gasteiger partial charge in [-0.2, -0.15) is 0 Å². The number of hydrogen-bond acceptors (Lipinski definition) is 5. The van der Waals surface area contributed by atoms with Gasteiger partial charge in [0.15, 0.2) is 0 Å². The lowest BCUT2D eigenvalue weighted by atomic mass is 9.63. The van der Waals surface area contributed by atoms with Crippen LogP contribution in [0.2, 0.25) is 0 Å². The predicted molar refractivity (Wildman–Crippen MR) is 64.1 cm³/mol. The number of rotatable bonds is 2. The first-order valence-electron chi connectivity index (χ1n) is 6.31. The standard InChI is InChI=1S/C11H18N2O4S/c12-18(15,16)6-9-11(5-10(14)17-9)7-13-3-1-8(11)2-4-13/h8-9H,1-7H2,(H2,12,15,16). The second-order valence-corrected chi connectivity index (χ2v) is 7.43. The van der Waals surface area contributed by atoms with Crippen LogP contribution in [0.25, 0.3) is 0 Å². The number of nitrogens with two attached hydrogens (primary N) is 1. The third kappa shape index (κ3) is 1.94. The average molecular weight is 274 g/mol. The smallest absolute Gasteiger partial charge is 0.306 e. The summed E-state index contributed by atoms with van der Waals surface area (Å²) in [5, 5.41) is 5.12. The molecule has 2 bridgehead atoms. The lowest BCUT2D eigenvalue weighted by Gasteiger charge is -2.52. The van der Waals surface area contributed by atoms with Crippen molar-refractivity contribution in [2.24, 2.45) is 16.5 Å². The summed E-state index contributed by atoms with van der Waals surface area (Å²) >= 11 is 0. The largest absolute Gasteiger partial charge is 0.461 e. The first-order valence-corrected chi connectivity index (χ1v) is 8.03. The van der Waals surface area contributed by atoms with E-state index in [1.165, 1.54) is 0 Å². The van der Waals surface area contributed by atoms with E-state index in [2.05, 4.69) is 4.90 Å². The lowest BCUT2D eigenvalue weighted by Crippen LogP contribution is -2.59. The van der Waals surface area contributed by atoms with Crippen LogP contribution in [0.3, 0.4) is 0 Å². The number of piperidine rings is 3. The molecule has 0 saturated carbocycles. The summed E-state index contributed by atoms with van der Waals surface area (Å²) in [6.45, 7) is 2.86. The van der Waals surface area contributed by atoms with Gasteiger partial charge in [0.1, 0.15) is 11.9 Å². The molecule has 4 saturated heterocycles. The fourth-order valence-corrected chi connectivity index (χ4v) is 4.71. The van der Waals surface area contributed by atoms with Crippen LogP contribution in [0.4, 0.5) is 0 Å². The van der Waals surface area contributed by atoms with Crippen molar-refractivity contribution < 1.29 is 17.9 Å². The van der Waals surface area contributed by atoms with Crippen LogP contribution in [0.1, 0.15) is 19.3 Å². The Hall–Kier alpha value is -0.660. The van der Waals surface area contributed by atoms with Crippen LogP contribution in [0.5, 0.6) is 0 Å². The van der Waals surface area contributed by atoms with Gasteiger partial charge in [0.05, 0.1) is 6.42 Å². The van der Waals surface area contributed by atoms with Crippen molar-refractivity contribution in [2.75, 3.05) is 25.4 Å². The van der Waals surface area contributed by atoms with E-state index in [9.17, 15) is 13.2 Å². The Labute approximate surface area is 107 Å². The molecule has 0 amide bonds. The highest BCUT2D eigenvalue weighted by Crippen LogP contribution is 2.51. The van der Waals surface area contributed by atoms with Crippen molar-refractivity contribution in [3.8, 4) is 0 Å². The van der Waals surface area contributed by atoms with E-state index < -0.39 is 16.1 Å². The molecule has 2 atom stereocenters. The predicted octanol–water partition coefficient (Wildman–Crippen LogP) is -0.698. The Morgan fingerprint density at radius 1 is 1.39 bits per heavy atom. The van der Waals surface area contributed by atoms with Gasteiger partial charge in [0.25, 0.3) is 0 Å². The van der Waals surface area contributed by atoms with Gasteiger partial charge in [-0.15, -0.1) is 0 Å². The molecule has 0 aromatic carbocycles. The van der Waals surface area contributed by atoms with E-state index in [-0.39, 0.29) is 17.1 Å². The van der Waals surface area contributed by atoms with Crippen molar-refractivity contribution in [2.45, 2.75) is 25.4 Å². The van der Waals surface area contributed by atoms with E-state index >= 15 is 0 Å². The normalized spacial score (nSPS) is 43.4. The second kappa shape index (κ2) is 3.91. The van der Waals surface area contributed by atoms with Crippen molar-refractivity contribution >= 4 is 16.0 Å². The van der Waals surface area contributed by atoms with Gasteiger partial charge in [0.2, 0.25) is 10.0 Å². The van der Waals surface area contributed by atoms with E-state index in [4.69, 9.17) is 9.88 Å². The monoisotopic (exact) mass is 274 g/mol. The Kier molecular flexibility index (Phi) is 2.69. The zero-order chi connectivity index (χ0) is 13.0. The molecule has 2 N–H and O–H groups in total. The maximum atomic E-state index is 11.6. The van der Waals surface area contributed by atoms with Gasteiger partial charge in [0, 0.05) is 12.0 Å². The quantitative estimate of drug-likeness (QED) is 0.673. The summed E-state index contributed by atoms with van der Waals surface area (Å²) in [5.74, 6) is -0.138. The molecule has 6 nitrogen and oxygen atoms in total. The van der Waals surface area contributed by atoms with Crippen molar-refractivity contribution in [3.05, 3.63) is 0 Å². The van der Waals surface area contributed by atoms with Crippen molar-refractivity contribution in [3.63, 3.8) is 0 Å². The minimum Gasteiger partial charge on any atom is -0.461 e. The lowest BCUT2D eigenvalue weighted by molar-refractivity contribution is -0.141. The molecule has 102 valence electrons. The van der Waals surface area contributed by atoms with Crippen LogP contribution >= 0.6 is 0 Å². The topological polar surface area (TPSA) is 89.7 Å². The minimum atomic E-state index is -3.62. The number of primary sulfonamides is 1. The Morgan fingerprint density at radius 2 is 2.06 bits per heavy atom. The maximum absolute atomic E-state index is 11.6. The number of carbonyl (C=O) groups excluding carboxylic acids is 1. The highest BCUT2D eigenvalue weighted by atomic mass is 32.2. The molecule has 4 heterocycles. The number of cyclic esters (lactones) is 1. The molecular formula is C11H18N2O4S. The third-order valence-corrected chi connectivity index (χ3v) is 5.46. The average Bonchev–Trinajstić information content (AvgIpc) is 2.54. The molecule has 4 fully saturated rings. The van der Waals surface area contributed by atoms with Gasteiger partial charge in [-0.05, 0) is 31.8 Å². The second-order valence-electron chi connectivity index (χ2n) is 5.77. The zero-order valence-electron chi connectivity index (χ0n) is 10.2. The molecule has 1 spiro atoms. The van der Waals surface area contributed by atoms with E-state index in [1.54, 1.807) is 0 Å². The number of ether oxygens (including phenoxy) is 1. The molecule has 18 heavy (non-hydrogen) atoms. The summed E-state index contributed by atoms with van der Waals surface area (Å²) in [7, 11) is -3.62. The highest BCUT2D eigenvalue weighted by molar-refractivity contribution is 7.89. The first kappa shape index (κ1) is 12.4. The van der Waals surface area contributed by atoms with Crippen LogP contribution in [0.15, 0.2) is 0 Å². The highest BCUT2D eigenvalue weighted by Gasteiger charge is 2.58. The van der Waals surface area contributed by atoms with Crippen LogP contribution in [0, 0.1) is 11.3 Å². The summed E-state index contributed by atoms with van der Waals surface area (Å²) in [4.78, 5) is 13.9. The Bertz CT molecular complexity index is 469. The summed E-state index contributed by atoms with van der Waals surface area (Å²) in [5.41, 5.74) is -0.319. The van der Waals surface area contributed by atoms with E-state index in [0.717, 1.165) is 32.5 Å². The number of sulfonamides is 1. The van der Waals surface area contributed by atoms with Crippen LogP contribution in [-0.2, 0) is 19.6 Å². The SMILES string of the molecule is NS(=O)(=O)CC1OC(=O)CC12CN1CCC2CC1. The number of carbonyl (C=O) groups is 1. The summed E-state index contributed by atoms with van der Waals surface area (Å²) in [6, 6.07) is 0. The van der Waals surface area contributed by atoms with Crippen LogP contribution < -0.4 is 5.14 Å². The number of hydrogen-bond donors (Lipinski definition) is 1. The number of esters is 1. The minimum absolute atomic E-state index is 0.247. The first-order chi connectivity index (χ1) is 8.39. The summed E-state index contributed by atoms with van der Waals surface area (Å²) in [6.07, 6.45) is 1.83. The Balaban J connectivity index is 1.91. The van der Waals surface area contributed by atoms with Gasteiger partial charge in [-0.3, -0.25) is 4.79 Å². The van der Waals surface area contributed by atoms with E-state index in [0.29, 0.717) is 12.3 Å². The molecule has 7 heteroatoms. The number of fused-ring (bicyclic) bond motifs is 2.